The molecule has 0 aliphatic heterocycles. The summed E-state index contributed by atoms with van der Waals surface area (Å²) in [5, 5.41) is 7.63. The Morgan fingerprint density at radius 3 is 2.64 bits per heavy atom. The first kappa shape index (κ1) is 17.0. The lowest BCUT2D eigenvalue weighted by atomic mass is 10.2. The van der Waals surface area contributed by atoms with Gasteiger partial charge in [-0.15, -0.1) is 0 Å². The van der Waals surface area contributed by atoms with Crippen LogP contribution in [-0.2, 0) is 0 Å². The first-order chi connectivity index (χ1) is 12.0. The Bertz CT molecular complexity index is 923. The number of ether oxygens (including phenoxy) is 1. The van der Waals surface area contributed by atoms with Crippen LogP contribution in [-0.4, -0.2) is 22.8 Å². The number of halogens is 2. The van der Waals surface area contributed by atoms with E-state index in [9.17, 15) is 9.18 Å². The molecule has 1 aromatic heterocycles. The molecule has 3 aromatic rings. The van der Waals surface area contributed by atoms with E-state index >= 15 is 0 Å². The average molecular weight is 360 g/mol. The summed E-state index contributed by atoms with van der Waals surface area (Å²) in [5.41, 5.74) is 1.32. The van der Waals surface area contributed by atoms with Crippen LogP contribution >= 0.6 is 11.6 Å². The number of nitrogens with one attached hydrogen (secondary N) is 1. The fraction of sp³-hybridized carbons (Fsp3) is 0.111. The quantitative estimate of drug-likeness (QED) is 0.758. The Morgan fingerprint density at radius 1 is 1.24 bits per heavy atom. The number of amides is 1. The molecular weight excluding hydrogens is 345 g/mol. The largest absolute Gasteiger partial charge is 0.494 e. The fourth-order valence-corrected chi connectivity index (χ4v) is 2.52. The number of hydrogen-bond acceptors (Lipinski definition) is 3. The van der Waals surface area contributed by atoms with Gasteiger partial charge in [-0.1, -0.05) is 17.7 Å². The molecule has 0 bridgehead atoms. The number of hydrogen-bond donors (Lipinski definition) is 1. The number of rotatable bonds is 4. The van der Waals surface area contributed by atoms with Crippen molar-refractivity contribution in [3.63, 3.8) is 0 Å². The maximum Gasteiger partial charge on any atom is 0.259 e. The number of anilines is 1. The van der Waals surface area contributed by atoms with E-state index in [4.69, 9.17) is 16.3 Å². The van der Waals surface area contributed by atoms with E-state index in [2.05, 4.69) is 10.4 Å². The van der Waals surface area contributed by atoms with E-state index in [1.165, 1.54) is 19.2 Å². The van der Waals surface area contributed by atoms with Crippen LogP contribution in [0.3, 0.4) is 0 Å². The molecule has 2 aromatic carbocycles. The van der Waals surface area contributed by atoms with Crippen molar-refractivity contribution in [2.24, 2.45) is 0 Å². The topological polar surface area (TPSA) is 56.1 Å². The number of benzene rings is 2. The zero-order valence-corrected chi connectivity index (χ0v) is 14.3. The smallest absolute Gasteiger partial charge is 0.259 e. The minimum Gasteiger partial charge on any atom is -0.494 e. The molecule has 7 heteroatoms. The molecule has 25 heavy (non-hydrogen) atoms. The van der Waals surface area contributed by atoms with E-state index < -0.39 is 11.7 Å². The SMILES string of the molecule is COc1cccc(C(=O)Nc2cc(C)nn2-c2ccc(Cl)cc2)c1F. The second-order valence-electron chi connectivity index (χ2n) is 5.34. The van der Waals surface area contributed by atoms with Crippen molar-refractivity contribution in [3.05, 3.63) is 70.6 Å². The zero-order valence-electron chi connectivity index (χ0n) is 13.6. The van der Waals surface area contributed by atoms with Crippen LogP contribution in [0, 0.1) is 12.7 Å². The van der Waals surface area contributed by atoms with Crippen molar-refractivity contribution in [3.8, 4) is 11.4 Å². The maximum absolute atomic E-state index is 14.3. The lowest BCUT2D eigenvalue weighted by Crippen LogP contribution is -2.16. The maximum atomic E-state index is 14.3. The predicted molar refractivity (Wildman–Crippen MR) is 94.2 cm³/mol. The number of methoxy groups -OCH3 is 1. The van der Waals surface area contributed by atoms with E-state index in [0.717, 1.165) is 5.69 Å². The molecule has 0 aliphatic rings. The molecule has 0 saturated carbocycles. The van der Waals surface area contributed by atoms with Gasteiger partial charge in [-0.25, -0.2) is 9.07 Å². The summed E-state index contributed by atoms with van der Waals surface area (Å²) in [6.07, 6.45) is 0. The monoisotopic (exact) mass is 359 g/mol. The van der Waals surface area contributed by atoms with E-state index in [1.807, 2.05) is 0 Å². The van der Waals surface area contributed by atoms with Gasteiger partial charge in [0.05, 0.1) is 24.1 Å². The van der Waals surface area contributed by atoms with Crippen molar-refractivity contribution in [1.82, 2.24) is 9.78 Å². The minimum absolute atomic E-state index is 0.00930. The molecule has 0 saturated heterocycles. The molecule has 0 radical (unpaired) electrons. The molecule has 3 rings (SSSR count). The van der Waals surface area contributed by atoms with Gasteiger partial charge in [0.1, 0.15) is 5.82 Å². The van der Waals surface area contributed by atoms with Crippen molar-refractivity contribution in [2.75, 3.05) is 12.4 Å². The lowest BCUT2D eigenvalue weighted by Gasteiger charge is -2.10. The van der Waals surface area contributed by atoms with Crippen molar-refractivity contribution >= 4 is 23.3 Å². The van der Waals surface area contributed by atoms with Crippen LogP contribution in [0.25, 0.3) is 5.69 Å². The van der Waals surface area contributed by atoms with Crippen LogP contribution in [0.5, 0.6) is 5.75 Å². The molecule has 0 unspecified atom stereocenters. The Labute approximate surface area is 149 Å². The second-order valence-corrected chi connectivity index (χ2v) is 5.77. The number of carbonyl (C=O) groups is 1. The summed E-state index contributed by atoms with van der Waals surface area (Å²) in [6, 6.07) is 13.1. The first-order valence-electron chi connectivity index (χ1n) is 7.46. The standard InChI is InChI=1S/C18H15ClFN3O2/c1-11-10-16(23(22-11)13-8-6-12(19)7-9-13)21-18(24)14-4-3-5-15(25-2)17(14)20/h3-10H,1-2H3,(H,21,24). The van der Waals surface area contributed by atoms with Gasteiger partial charge >= 0.3 is 0 Å². The summed E-state index contributed by atoms with van der Waals surface area (Å²) in [5.74, 6) is -0.870. The minimum atomic E-state index is -0.711. The molecular formula is C18H15ClFN3O2. The molecule has 5 nitrogen and oxygen atoms in total. The highest BCUT2D eigenvalue weighted by molar-refractivity contribution is 6.30. The third-order valence-electron chi connectivity index (χ3n) is 3.57. The Balaban J connectivity index is 1.94. The van der Waals surface area contributed by atoms with Crippen molar-refractivity contribution in [2.45, 2.75) is 6.92 Å². The highest BCUT2D eigenvalue weighted by Gasteiger charge is 2.18. The zero-order chi connectivity index (χ0) is 18.0. The van der Waals surface area contributed by atoms with Gasteiger partial charge in [-0.2, -0.15) is 5.10 Å². The van der Waals surface area contributed by atoms with Crippen molar-refractivity contribution < 1.29 is 13.9 Å². The first-order valence-corrected chi connectivity index (χ1v) is 7.84. The summed E-state index contributed by atoms with van der Waals surface area (Å²) in [7, 11) is 1.35. The summed E-state index contributed by atoms with van der Waals surface area (Å²) < 4.78 is 20.7. The highest BCUT2D eigenvalue weighted by atomic mass is 35.5. The lowest BCUT2D eigenvalue weighted by molar-refractivity contribution is 0.102. The van der Waals surface area contributed by atoms with Crippen LogP contribution < -0.4 is 10.1 Å². The third kappa shape index (κ3) is 3.49. The molecule has 1 heterocycles. The van der Waals surface area contributed by atoms with Crippen LogP contribution in [0.4, 0.5) is 10.2 Å². The summed E-state index contributed by atoms with van der Waals surface area (Å²) in [6.45, 7) is 1.80. The second kappa shape index (κ2) is 6.94. The molecule has 1 N–H and O–H groups in total. The Kier molecular flexibility index (Phi) is 4.72. The average Bonchev–Trinajstić information content (AvgIpc) is 2.96. The number of aryl methyl sites for hydroxylation is 1. The molecule has 0 spiro atoms. The summed E-state index contributed by atoms with van der Waals surface area (Å²) in [4.78, 5) is 12.5. The Hall–Kier alpha value is -2.86. The molecule has 0 aliphatic carbocycles. The number of nitrogens with zero attached hydrogens (tertiary/aromatic N) is 2. The fourth-order valence-electron chi connectivity index (χ4n) is 2.40. The normalized spacial score (nSPS) is 10.6. The van der Waals surface area contributed by atoms with Gasteiger partial charge in [-0.05, 0) is 43.3 Å². The van der Waals surface area contributed by atoms with Crippen LogP contribution in [0.15, 0.2) is 48.5 Å². The van der Waals surface area contributed by atoms with Gasteiger partial charge in [0.2, 0.25) is 0 Å². The van der Waals surface area contributed by atoms with E-state index in [-0.39, 0.29) is 11.3 Å². The van der Waals surface area contributed by atoms with Gasteiger partial charge in [-0.3, -0.25) is 4.79 Å². The van der Waals surface area contributed by atoms with E-state index in [0.29, 0.717) is 16.5 Å². The third-order valence-corrected chi connectivity index (χ3v) is 3.82. The molecule has 1 amide bonds. The van der Waals surface area contributed by atoms with Crippen LogP contribution in [0.1, 0.15) is 16.1 Å². The molecule has 128 valence electrons. The molecule has 0 fully saturated rings. The van der Waals surface area contributed by atoms with Crippen molar-refractivity contribution in [1.29, 1.82) is 0 Å². The van der Waals surface area contributed by atoms with Crippen LogP contribution in [0.2, 0.25) is 5.02 Å². The van der Waals surface area contributed by atoms with Gasteiger partial charge in [0, 0.05) is 11.1 Å². The number of carbonyl (C=O) groups excluding carboxylic acids is 1. The molecule has 0 atom stereocenters. The number of aromatic nitrogens is 2. The van der Waals surface area contributed by atoms with E-state index in [1.54, 1.807) is 48.0 Å². The predicted octanol–water partition coefficient (Wildman–Crippen LogP) is 4.23. The highest BCUT2D eigenvalue weighted by Crippen LogP contribution is 2.23. The van der Waals surface area contributed by atoms with Gasteiger partial charge < -0.3 is 10.1 Å². The van der Waals surface area contributed by atoms with Gasteiger partial charge in [0.25, 0.3) is 5.91 Å². The summed E-state index contributed by atoms with van der Waals surface area (Å²) >= 11 is 5.90. The Morgan fingerprint density at radius 2 is 1.96 bits per heavy atom. The van der Waals surface area contributed by atoms with Gasteiger partial charge in [0.15, 0.2) is 11.6 Å².